The molecule has 4 heteroatoms. The molecule has 0 saturated heterocycles. The predicted molar refractivity (Wildman–Crippen MR) is 60.8 cm³/mol. The molecular formula is C11H16N4. The van der Waals surface area contributed by atoms with Crippen molar-refractivity contribution in [1.29, 1.82) is 0 Å². The van der Waals surface area contributed by atoms with E-state index in [1.165, 1.54) is 0 Å². The number of aryl methyl sites for hydroxylation is 1. The van der Waals surface area contributed by atoms with Crippen molar-refractivity contribution in [2.75, 3.05) is 5.73 Å². The molecule has 0 unspecified atom stereocenters. The molecule has 2 rings (SSSR count). The summed E-state index contributed by atoms with van der Waals surface area (Å²) in [6.07, 6.45) is 1.89. The highest BCUT2D eigenvalue weighted by Gasteiger charge is 2.24. The van der Waals surface area contributed by atoms with Crippen LogP contribution in [-0.4, -0.2) is 14.6 Å². The lowest BCUT2D eigenvalue weighted by Gasteiger charge is -2.17. The molecule has 2 aromatic rings. The molecule has 0 aliphatic rings. The van der Waals surface area contributed by atoms with E-state index in [9.17, 15) is 0 Å². The summed E-state index contributed by atoms with van der Waals surface area (Å²) >= 11 is 0. The summed E-state index contributed by atoms with van der Waals surface area (Å²) < 4.78 is 1.74. The standard InChI is InChI=1S/C11H16N4/c1-7-5-6-15-10(13-7)8(9(12)14-15)11(2,3)4/h5-6H,1-4H3,(H2,12,14). The van der Waals surface area contributed by atoms with Gasteiger partial charge in [-0.1, -0.05) is 20.8 Å². The first-order valence-electron chi connectivity index (χ1n) is 5.01. The highest BCUT2D eigenvalue weighted by molar-refractivity contribution is 5.62. The number of nitrogens with zero attached hydrogens (tertiary/aromatic N) is 3. The summed E-state index contributed by atoms with van der Waals surface area (Å²) in [7, 11) is 0. The van der Waals surface area contributed by atoms with E-state index in [0.29, 0.717) is 5.82 Å². The van der Waals surface area contributed by atoms with E-state index in [1.807, 2.05) is 19.2 Å². The number of hydrogen-bond donors (Lipinski definition) is 1. The van der Waals surface area contributed by atoms with Crippen molar-refractivity contribution < 1.29 is 0 Å². The van der Waals surface area contributed by atoms with E-state index >= 15 is 0 Å². The SMILES string of the molecule is Cc1ccn2nc(N)c(C(C)(C)C)c2n1. The van der Waals surface area contributed by atoms with Crippen molar-refractivity contribution in [3.05, 3.63) is 23.5 Å². The fourth-order valence-electron chi connectivity index (χ4n) is 1.76. The molecule has 0 atom stereocenters. The van der Waals surface area contributed by atoms with Crippen molar-refractivity contribution in [3.63, 3.8) is 0 Å². The van der Waals surface area contributed by atoms with Crippen LogP contribution in [0.1, 0.15) is 32.0 Å². The zero-order chi connectivity index (χ0) is 11.2. The van der Waals surface area contributed by atoms with E-state index in [-0.39, 0.29) is 5.41 Å². The Kier molecular flexibility index (Phi) is 1.96. The van der Waals surface area contributed by atoms with Crippen molar-refractivity contribution in [2.24, 2.45) is 0 Å². The van der Waals surface area contributed by atoms with Crippen molar-refractivity contribution in [1.82, 2.24) is 14.6 Å². The van der Waals surface area contributed by atoms with Crippen LogP contribution in [0.2, 0.25) is 0 Å². The van der Waals surface area contributed by atoms with Gasteiger partial charge in [0.05, 0.1) is 0 Å². The molecule has 0 bridgehead atoms. The van der Waals surface area contributed by atoms with Crippen LogP contribution in [0.4, 0.5) is 5.82 Å². The van der Waals surface area contributed by atoms with Gasteiger partial charge in [0.15, 0.2) is 11.5 Å². The summed E-state index contributed by atoms with van der Waals surface area (Å²) in [5.74, 6) is 0.570. The van der Waals surface area contributed by atoms with Gasteiger partial charge in [-0.2, -0.15) is 0 Å². The van der Waals surface area contributed by atoms with Crippen LogP contribution in [-0.2, 0) is 5.41 Å². The second kappa shape index (κ2) is 2.95. The third-order valence-electron chi connectivity index (χ3n) is 2.40. The van der Waals surface area contributed by atoms with Crippen LogP contribution >= 0.6 is 0 Å². The van der Waals surface area contributed by atoms with Crippen LogP contribution < -0.4 is 5.73 Å². The Morgan fingerprint density at radius 2 is 2.00 bits per heavy atom. The molecule has 2 heterocycles. The lowest BCUT2D eigenvalue weighted by molar-refractivity contribution is 0.596. The number of fused-ring (bicyclic) bond motifs is 1. The molecule has 2 N–H and O–H groups in total. The molecule has 0 aliphatic carbocycles. The van der Waals surface area contributed by atoms with Crippen molar-refractivity contribution in [2.45, 2.75) is 33.1 Å². The molecule has 0 saturated carbocycles. The van der Waals surface area contributed by atoms with Crippen LogP contribution in [0.15, 0.2) is 12.3 Å². The highest BCUT2D eigenvalue weighted by atomic mass is 15.3. The quantitative estimate of drug-likeness (QED) is 0.713. The monoisotopic (exact) mass is 204 g/mol. The Labute approximate surface area is 89.1 Å². The van der Waals surface area contributed by atoms with Gasteiger partial charge in [0.2, 0.25) is 0 Å². The molecule has 0 aromatic carbocycles. The molecular weight excluding hydrogens is 188 g/mol. The number of anilines is 1. The number of rotatable bonds is 0. The summed E-state index contributed by atoms with van der Waals surface area (Å²) in [5.41, 5.74) is 8.74. The van der Waals surface area contributed by atoms with E-state index in [0.717, 1.165) is 16.9 Å². The third kappa shape index (κ3) is 1.56. The smallest absolute Gasteiger partial charge is 0.161 e. The van der Waals surface area contributed by atoms with Gasteiger partial charge in [-0.25, -0.2) is 9.50 Å². The van der Waals surface area contributed by atoms with Gasteiger partial charge in [0.1, 0.15) is 0 Å². The first-order valence-corrected chi connectivity index (χ1v) is 5.01. The van der Waals surface area contributed by atoms with Crippen LogP contribution in [0.25, 0.3) is 5.65 Å². The zero-order valence-electron chi connectivity index (χ0n) is 9.57. The van der Waals surface area contributed by atoms with E-state index in [2.05, 4.69) is 30.9 Å². The average molecular weight is 204 g/mol. The molecule has 80 valence electrons. The van der Waals surface area contributed by atoms with E-state index in [4.69, 9.17) is 5.73 Å². The Balaban J connectivity index is 2.82. The largest absolute Gasteiger partial charge is 0.382 e. The first-order chi connectivity index (χ1) is 6.89. The fourth-order valence-corrected chi connectivity index (χ4v) is 1.76. The molecule has 0 spiro atoms. The lowest BCUT2D eigenvalue weighted by atomic mass is 9.88. The Morgan fingerprint density at radius 1 is 1.33 bits per heavy atom. The highest BCUT2D eigenvalue weighted by Crippen LogP contribution is 2.30. The van der Waals surface area contributed by atoms with Gasteiger partial charge < -0.3 is 5.73 Å². The number of nitrogen functional groups attached to an aromatic ring is 1. The van der Waals surface area contributed by atoms with Gasteiger partial charge in [-0.3, -0.25) is 0 Å². The third-order valence-corrected chi connectivity index (χ3v) is 2.40. The van der Waals surface area contributed by atoms with Gasteiger partial charge in [0.25, 0.3) is 0 Å². The molecule has 0 fully saturated rings. The summed E-state index contributed by atoms with van der Waals surface area (Å²) in [4.78, 5) is 4.48. The summed E-state index contributed by atoms with van der Waals surface area (Å²) in [6.45, 7) is 8.31. The second-order valence-electron chi connectivity index (χ2n) is 4.85. The van der Waals surface area contributed by atoms with Crippen molar-refractivity contribution in [3.8, 4) is 0 Å². The van der Waals surface area contributed by atoms with Crippen LogP contribution in [0.3, 0.4) is 0 Å². The summed E-state index contributed by atoms with van der Waals surface area (Å²) in [6, 6.07) is 1.92. The molecule has 15 heavy (non-hydrogen) atoms. The molecule has 0 aliphatic heterocycles. The van der Waals surface area contributed by atoms with Gasteiger partial charge in [-0.05, 0) is 18.4 Å². The van der Waals surface area contributed by atoms with E-state index < -0.39 is 0 Å². The van der Waals surface area contributed by atoms with Gasteiger partial charge >= 0.3 is 0 Å². The number of nitrogens with two attached hydrogens (primary N) is 1. The molecule has 0 radical (unpaired) electrons. The minimum absolute atomic E-state index is 0.0351. The van der Waals surface area contributed by atoms with Gasteiger partial charge in [0, 0.05) is 17.5 Å². The Bertz CT molecular complexity index is 505. The maximum atomic E-state index is 5.92. The zero-order valence-corrected chi connectivity index (χ0v) is 9.57. The van der Waals surface area contributed by atoms with Crippen LogP contribution in [0, 0.1) is 6.92 Å². The molecule has 0 amide bonds. The predicted octanol–water partition coefficient (Wildman–Crippen LogP) is 1.92. The van der Waals surface area contributed by atoms with Gasteiger partial charge in [-0.15, -0.1) is 5.10 Å². The lowest BCUT2D eigenvalue weighted by Crippen LogP contribution is -2.13. The minimum atomic E-state index is -0.0351. The fraction of sp³-hybridized carbons (Fsp3) is 0.455. The minimum Gasteiger partial charge on any atom is -0.382 e. The molecule has 2 aromatic heterocycles. The van der Waals surface area contributed by atoms with Crippen LogP contribution in [0.5, 0.6) is 0 Å². The first kappa shape index (κ1) is 9.96. The second-order valence-corrected chi connectivity index (χ2v) is 4.85. The summed E-state index contributed by atoms with van der Waals surface area (Å²) in [5, 5.41) is 4.25. The number of aromatic nitrogens is 3. The van der Waals surface area contributed by atoms with E-state index in [1.54, 1.807) is 4.52 Å². The molecule has 4 nitrogen and oxygen atoms in total. The number of hydrogen-bond acceptors (Lipinski definition) is 3. The topological polar surface area (TPSA) is 56.2 Å². The average Bonchev–Trinajstić information content (AvgIpc) is 2.38. The van der Waals surface area contributed by atoms with Crippen molar-refractivity contribution >= 4 is 11.5 Å². The maximum absolute atomic E-state index is 5.92. The Morgan fingerprint density at radius 3 is 2.60 bits per heavy atom. The normalized spacial score (nSPS) is 12.3. The maximum Gasteiger partial charge on any atom is 0.161 e. The Hall–Kier alpha value is -1.58.